The van der Waals surface area contributed by atoms with Crippen molar-refractivity contribution in [1.82, 2.24) is 0 Å². The van der Waals surface area contributed by atoms with Crippen LogP contribution in [-0.2, 0) is 5.67 Å². The molecule has 1 aromatic rings. The molecule has 1 nitrogen and oxygen atoms in total. The first kappa shape index (κ1) is 13.6. The van der Waals surface area contributed by atoms with E-state index in [0.717, 1.165) is 12.1 Å². The molecule has 1 rings (SSSR count). The van der Waals surface area contributed by atoms with Crippen LogP contribution in [0, 0.1) is 0 Å². The molecule has 0 radical (unpaired) electrons. The maximum absolute atomic E-state index is 13.4. The second kappa shape index (κ2) is 3.78. The fourth-order valence-electron chi connectivity index (χ4n) is 1.20. The molecule has 0 saturated carbocycles. The third-order valence-corrected chi connectivity index (χ3v) is 2.09. The molecule has 0 saturated heterocycles. The summed E-state index contributed by atoms with van der Waals surface area (Å²) in [6.45, 7) is 0. The molecule has 0 bridgehead atoms. The summed E-state index contributed by atoms with van der Waals surface area (Å²) in [5.74, 6) is 0. The van der Waals surface area contributed by atoms with E-state index in [0.29, 0.717) is 12.1 Å². The molecular formula is C9H6F7N. The highest BCUT2D eigenvalue weighted by Crippen LogP contribution is 2.53. The van der Waals surface area contributed by atoms with E-state index in [1.54, 1.807) is 0 Å². The van der Waals surface area contributed by atoms with Gasteiger partial charge in [0.1, 0.15) is 0 Å². The monoisotopic (exact) mass is 261 g/mol. The van der Waals surface area contributed by atoms with Crippen LogP contribution in [0.15, 0.2) is 24.3 Å². The Bertz CT molecular complexity index is 375. The molecule has 0 aliphatic heterocycles. The van der Waals surface area contributed by atoms with Gasteiger partial charge in [0, 0.05) is 11.3 Å². The predicted octanol–water partition coefficient (Wildman–Crippen LogP) is 3.56. The molecular weight excluding hydrogens is 255 g/mol. The maximum Gasteiger partial charge on any atom is 0.435 e. The van der Waals surface area contributed by atoms with Crippen molar-refractivity contribution in [2.24, 2.45) is 0 Å². The number of alkyl halides is 7. The lowest BCUT2D eigenvalue weighted by Gasteiger charge is -2.30. The first-order chi connectivity index (χ1) is 7.50. The molecule has 96 valence electrons. The number of hydrogen-bond donors (Lipinski definition) is 1. The minimum atomic E-state index is -6.10. The highest BCUT2D eigenvalue weighted by molar-refractivity contribution is 5.41. The van der Waals surface area contributed by atoms with Crippen LogP contribution >= 0.6 is 0 Å². The van der Waals surface area contributed by atoms with Crippen LogP contribution in [0.3, 0.4) is 0 Å². The number of rotatable bonds is 1. The van der Waals surface area contributed by atoms with Crippen LogP contribution in [0.2, 0.25) is 0 Å². The van der Waals surface area contributed by atoms with E-state index in [1.165, 1.54) is 0 Å². The van der Waals surface area contributed by atoms with E-state index >= 15 is 0 Å². The Morgan fingerprint density at radius 2 is 1.06 bits per heavy atom. The Labute approximate surface area is 91.0 Å². The molecule has 17 heavy (non-hydrogen) atoms. The lowest BCUT2D eigenvalue weighted by atomic mass is 9.94. The summed E-state index contributed by atoms with van der Waals surface area (Å²) in [7, 11) is 0. The largest absolute Gasteiger partial charge is 0.435 e. The van der Waals surface area contributed by atoms with Gasteiger partial charge >= 0.3 is 18.0 Å². The summed E-state index contributed by atoms with van der Waals surface area (Å²) in [5, 5.41) is 0. The molecule has 0 unspecified atom stereocenters. The van der Waals surface area contributed by atoms with Crippen LogP contribution < -0.4 is 5.73 Å². The first-order valence-corrected chi connectivity index (χ1v) is 4.18. The number of anilines is 1. The molecule has 0 amide bonds. The van der Waals surface area contributed by atoms with E-state index in [4.69, 9.17) is 5.73 Å². The smallest absolute Gasteiger partial charge is 0.399 e. The molecule has 0 heterocycles. The SMILES string of the molecule is Nc1ccc(C(F)(C(F)(F)F)C(F)(F)F)cc1. The molecule has 0 aromatic heterocycles. The number of halogens is 7. The highest BCUT2D eigenvalue weighted by Gasteiger charge is 2.73. The van der Waals surface area contributed by atoms with E-state index in [-0.39, 0.29) is 5.69 Å². The minimum absolute atomic E-state index is 0.0690. The van der Waals surface area contributed by atoms with Gasteiger partial charge in [-0.1, -0.05) is 12.1 Å². The van der Waals surface area contributed by atoms with Crippen LogP contribution in [0.25, 0.3) is 0 Å². The van der Waals surface area contributed by atoms with E-state index < -0.39 is 23.6 Å². The third kappa shape index (κ3) is 2.16. The normalized spacial score (nSPS) is 13.8. The third-order valence-electron chi connectivity index (χ3n) is 2.09. The Morgan fingerprint density at radius 1 is 0.706 bits per heavy atom. The van der Waals surface area contributed by atoms with Crippen LogP contribution in [0.1, 0.15) is 5.56 Å². The molecule has 0 spiro atoms. The minimum Gasteiger partial charge on any atom is -0.399 e. The van der Waals surface area contributed by atoms with Crippen molar-refractivity contribution in [3.8, 4) is 0 Å². The van der Waals surface area contributed by atoms with Gasteiger partial charge in [0.15, 0.2) is 0 Å². The molecule has 0 aliphatic rings. The van der Waals surface area contributed by atoms with E-state index in [1.807, 2.05) is 0 Å². The number of nitrogens with two attached hydrogens (primary N) is 1. The Kier molecular flexibility index (Phi) is 3.02. The maximum atomic E-state index is 13.4. The number of nitrogen functional groups attached to an aromatic ring is 1. The van der Waals surface area contributed by atoms with Crippen LogP contribution in [0.4, 0.5) is 36.4 Å². The van der Waals surface area contributed by atoms with E-state index in [9.17, 15) is 30.7 Å². The van der Waals surface area contributed by atoms with Gasteiger partial charge in [-0.15, -0.1) is 0 Å². The average molecular weight is 261 g/mol. The summed E-state index contributed by atoms with van der Waals surface area (Å²) in [6.07, 6.45) is -12.2. The summed E-state index contributed by atoms with van der Waals surface area (Å²) in [5.41, 5.74) is -1.91. The first-order valence-electron chi connectivity index (χ1n) is 4.18. The molecule has 0 atom stereocenters. The summed E-state index contributed by atoms with van der Waals surface area (Å²) < 4.78 is 86.9. The van der Waals surface area contributed by atoms with Crippen molar-refractivity contribution in [2.45, 2.75) is 18.0 Å². The fourth-order valence-corrected chi connectivity index (χ4v) is 1.20. The molecule has 0 fully saturated rings. The lowest BCUT2D eigenvalue weighted by Crippen LogP contribution is -2.50. The standard InChI is InChI=1S/C9H6F7N/c10-7(8(11,12)13,9(14,15)16)5-1-3-6(17)4-2-5/h1-4H,17H2. The zero-order valence-electron chi connectivity index (χ0n) is 8.03. The zero-order chi connectivity index (χ0) is 13.5. The number of benzene rings is 1. The number of hydrogen-bond acceptors (Lipinski definition) is 1. The quantitative estimate of drug-likeness (QED) is 0.607. The molecule has 0 aliphatic carbocycles. The lowest BCUT2D eigenvalue weighted by molar-refractivity contribution is -0.348. The van der Waals surface area contributed by atoms with E-state index in [2.05, 4.69) is 0 Å². The van der Waals surface area contributed by atoms with Gasteiger partial charge in [0.2, 0.25) is 0 Å². The Hall–Kier alpha value is -1.47. The second-order valence-electron chi connectivity index (χ2n) is 3.28. The second-order valence-corrected chi connectivity index (χ2v) is 3.28. The van der Waals surface area contributed by atoms with Crippen LogP contribution in [-0.4, -0.2) is 12.4 Å². The summed E-state index contributed by atoms with van der Waals surface area (Å²) in [4.78, 5) is 0. The Balaban J connectivity index is 3.41. The molecule has 8 heteroatoms. The summed E-state index contributed by atoms with van der Waals surface area (Å²) in [6, 6.07) is 2.24. The molecule has 2 N–H and O–H groups in total. The van der Waals surface area contributed by atoms with Crippen molar-refractivity contribution in [1.29, 1.82) is 0 Å². The predicted molar refractivity (Wildman–Crippen MR) is 45.8 cm³/mol. The Morgan fingerprint density at radius 3 is 1.35 bits per heavy atom. The average Bonchev–Trinajstić information content (AvgIpc) is 2.14. The van der Waals surface area contributed by atoms with Gasteiger partial charge in [-0.05, 0) is 12.1 Å². The molecule has 1 aromatic carbocycles. The van der Waals surface area contributed by atoms with Gasteiger partial charge in [-0.3, -0.25) is 0 Å². The van der Waals surface area contributed by atoms with Gasteiger partial charge in [0.25, 0.3) is 0 Å². The van der Waals surface area contributed by atoms with Crippen molar-refractivity contribution in [3.05, 3.63) is 29.8 Å². The van der Waals surface area contributed by atoms with Crippen LogP contribution in [0.5, 0.6) is 0 Å². The van der Waals surface area contributed by atoms with Gasteiger partial charge < -0.3 is 5.73 Å². The van der Waals surface area contributed by atoms with Crippen molar-refractivity contribution < 1.29 is 30.7 Å². The highest BCUT2D eigenvalue weighted by atomic mass is 19.4. The topological polar surface area (TPSA) is 26.0 Å². The van der Waals surface area contributed by atoms with Gasteiger partial charge in [-0.25, -0.2) is 4.39 Å². The fraction of sp³-hybridized carbons (Fsp3) is 0.333. The van der Waals surface area contributed by atoms with Gasteiger partial charge in [0.05, 0.1) is 0 Å². The zero-order valence-corrected chi connectivity index (χ0v) is 8.03. The van der Waals surface area contributed by atoms with Gasteiger partial charge in [-0.2, -0.15) is 26.3 Å². The summed E-state index contributed by atoms with van der Waals surface area (Å²) >= 11 is 0. The van der Waals surface area contributed by atoms with Crippen molar-refractivity contribution in [2.75, 3.05) is 5.73 Å². The van der Waals surface area contributed by atoms with Crippen molar-refractivity contribution >= 4 is 5.69 Å². The van der Waals surface area contributed by atoms with Crippen molar-refractivity contribution in [3.63, 3.8) is 0 Å².